The van der Waals surface area contributed by atoms with E-state index in [0.717, 1.165) is 0 Å². The van der Waals surface area contributed by atoms with E-state index in [1.165, 1.54) is 11.3 Å². The number of carbonyl (C=O) groups excluding carboxylic acids is 1. The van der Waals surface area contributed by atoms with Crippen LogP contribution in [0.2, 0.25) is 0 Å². The van der Waals surface area contributed by atoms with Crippen molar-refractivity contribution in [3.63, 3.8) is 0 Å². The van der Waals surface area contributed by atoms with Gasteiger partial charge in [-0.1, -0.05) is 12.6 Å². The molecule has 2 nitrogen and oxygen atoms in total. The molecule has 1 heterocycles. The normalized spacial score (nSPS) is 11.0. The van der Waals surface area contributed by atoms with Gasteiger partial charge in [0.05, 0.1) is 6.42 Å². The standard InChI is InChI=1S/C9H8F2O2S/c1-2-9(10,11)13-8(12)6-7-4-3-5-14-7/h2-5H,1,6H2. The second kappa shape index (κ2) is 4.32. The Labute approximate surface area is 83.8 Å². The van der Waals surface area contributed by atoms with Gasteiger partial charge in [0, 0.05) is 11.0 Å². The number of esters is 1. The van der Waals surface area contributed by atoms with Crippen LogP contribution >= 0.6 is 11.3 Å². The highest BCUT2D eigenvalue weighted by atomic mass is 32.1. The number of thiophene rings is 1. The van der Waals surface area contributed by atoms with Crippen LogP contribution in [0.4, 0.5) is 8.78 Å². The second-order valence-corrected chi connectivity index (χ2v) is 3.53. The molecule has 0 saturated heterocycles. The number of carbonyl (C=O) groups is 1. The highest BCUT2D eigenvalue weighted by Crippen LogP contribution is 2.18. The lowest BCUT2D eigenvalue weighted by Gasteiger charge is -2.11. The molecule has 0 bridgehead atoms. The lowest BCUT2D eigenvalue weighted by Crippen LogP contribution is -2.23. The summed E-state index contributed by atoms with van der Waals surface area (Å²) < 4.78 is 28.8. The van der Waals surface area contributed by atoms with Crippen molar-refractivity contribution in [3.8, 4) is 0 Å². The predicted molar refractivity (Wildman–Crippen MR) is 49.3 cm³/mol. The molecule has 1 aromatic rings. The van der Waals surface area contributed by atoms with Crippen molar-refractivity contribution in [3.05, 3.63) is 35.0 Å². The summed E-state index contributed by atoms with van der Waals surface area (Å²) in [5, 5.41) is 1.76. The molecule has 5 heteroatoms. The van der Waals surface area contributed by atoms with Crippen LogP contribution in [0.5, 0.6) is 0 Å². The average Bonchev–Trinajstić information content (AvgIpc) is 2.55. The molecule has 0 atom stereocenters. The second-order valence-electron chi connectivity index (χ2n) is 2.50. The highest BCUT2D eigenvalue weighted by Gasteiger charge is 2.29. The Morgan fingerprint density at radius 2 is 2.43 bits per heavy atom. The third-order valence-corrected chi connectivity index (χ3v) is 2.26. The molecule has 0 saturated carbocycles. The van der Waals surface area contributed by atoms with E-state index in [0.29, 0.717) is 11.0 Å². The van der Waals surface area contributed by atoms with Gasteiger partial charge in [0.2, 0.25) is 0 Å². The molecule has 76 valence electrons. The van der Waals surface area contributed by atoms with Crippen molar-refractivity contribution < 1.29 is 18.3 Å². The van der Waals surface area contributed by atoms with Crippen molar-refractivity contribution in [1.82, 2.24) is 0 Å². The van der Waals surface area contributed by atoms with Crippen molar-refractivity contribution in [2.24, 2.45) is 0 Å². The monoisotopic (exact) mass is 218 g/mol. The molecular formula is C9H8F2O2S. The third-order valence-electron chi connectivity index (χ3n) is 1.39. The van der Waals surface area contributed by atoms with Crippen molar-refractivity contribution in [2.45, 2.75) is 12.5 Å². The lowest BCUT2D eigenvalue weighted by atomic mass is 10.3. The Bertz CT molecular complexity index is 320. The number of hydrogen-bond acceptors (Lipinski definition) is 3. The molecule has 0 aromatic carbocycles. The maximum atomic E-state index is 12.5. The van der Waals surface area contributed by atoms with Crippen molar-refractivity contribution in [1.29, 1.82) is 0 Å². The average molecular weight is 218 g/mol. The molecule has 0 N–H and O–H groups in total. The van der Waals surface area contributed by atoms with Crippen LogP contribution in [-0.4, -0.2) is 12.1 Å². The summed E-state index contributed by atoms with van der Waals surface area (Å²) in [7, 11) is 0. The van der Waals surface area contributed by atoms with E-state index in [1.807, 2.05) is 0 Å². The highest BCUT2D eigenvalue weighted by molar-refractivity contribution is 7.10. The van der Waals surface area contributed by atoms with Crippen molar-refractivity contribution in [2.75, 3.05) is 0 Å². The Hall–Kier alpha value is -1.23. The van der Waals surface area contributed by atoms with Crippen LogP contribution in [0.25, 0.3) is 0 Å². The summed E-state index contributed by atoms with van der Waals surface area (Å²) in [6.45, 7) is 2.86. The van der Waals surface area contributed by atoms with Crippen LogP contribution in [0.3, 0.4) is 0 Å². The molecule has 0 unspecified atom stereocenters. The molecule has 0 amide bonds. The van der Waals surface area contributed by atoms with E-state index in [2.05, 4.69) is 11.3 Å². The molecule has 0 aliphatic carbocycles. The van der Waals surface area contributed by atoms with Gasteiger partial charge < -0.3 is 4.74 Å². The Balaban J connectivity index is 2.48. The van der Waals surface area contributed by atoms with Crippen molar-refractivity contribution >= 4 is 17.3 Å². The zero-order valence-electron chi connectivity index (χ0n) is 7.20. The van der Waals surface area contributed by atoms with Crippen LogP contribution in [0, 0.1) is 0 Å². The van der Waals surface area contributed by atoms with Gasteiger partial charge in [-0.15, -0.1) is 11.3 Å². The maximum Gasteiger partial charge on any atom is 0.421 e. The third kappa shape index (κ3) is 3.26. The first-order chi connectivity index (χ1) is 6.53. The fourth-order valence-corrected chi connectivity index (χ4v) is 1.48. The van der Waals surface area contributed by atoms with E-state index in [9.17, 15) is 13.6 Å². The largest absolute Gasteiger partial charge is 0.421 e. The molecule has 0 aliphatic heterocycles. The van der Waals surface area contributed by atoms with Gasteiger partial charge in [0.15, 0.2) is 0 Å². The zero-order chi connectivity index (χ0) is 10.6. The molecule has 0 fully saturated rings. The van der Waals surface area contributed by atoms with Crippen LogP contribution in [0.1, 0.15) is 4.88 Å². The van der Waals surface area contributed by atoms with Gasteiger partial charge in [-0.25, -0.2) is 0 Å². The number of rotatable bonds is 4. The van der Waals surface area contributed by atoms with E-state index in [1.54, 1.807) is 17.5 Å². The first-order valence-corrected chi connectivity index (χ1v) is 4.67. The van der Waals surface area contributed by atoms with Gasteiger partial charge in [0.1, 0.15) is 0 Å². The molecular weight excluding hydrogens is 210 g/mol. The van der Waals surface area contributed by atoms with E-state index < -0.39 is 12.1 Å². The van der Waals surface area contributed by atoms with Gasteiger partial charge >= 0.3 is 12.1 Å². The summed E-state index contributed by atoms with van der Waals surface area (Å²) in [6, 6.07) is 3.41. The van der Waals surface area contributed by atoms with E-state index in [4.69, 9.17) is 0 Å². The molecule has 1 aromatic heterocycles. The first-order valence-electron chi connectivity index (χ1n) is 3.79. The number of hydrogen-bond donors (Lipinski definition) is 0. The Morgan fingerprint density at radius 3 is 2.93 bits per heavy atom. The topological polar surface area (TPSA) is 26.3 Å². The number of alkyl halides is 2. The molecule has 0 aliphatic rings. The Kier molecular flexibility index (Phi) is 3.35. The summed E-state index contributed by atoms with van der Waals surface area (Å²) in [4.78, 5) is 11.6. The minimum atomic E-state index is -3.58. The van der Waals surface area contributed by atoms with Crippen LogP contribution < -0.4 is 0 Å². The molecule has 14 heavy (non-hydrogen) atoms. The molecule has 1 rings (SSSR count). The summed E-state index contributed by atoms with van der Waals surface area (Å²) in [6.07, 6.45) is -3.42. The quantitative estimate of drug-likeness (QED) is 0.573. The molecule has 0 spiro atoms. The fourth-order valence-electron chi connectivity index (χ4n) is 0.785. The van der Waals surface area contributed by atoms with Gasteiger partial charge in [-0.2, -0.15) is 8.78 Å². The van der Waals surface area contributed by atoms with Crippen LogP contribution in [-0.2, 0) is 16.0 Å². The Morgan fingerprint density at radius 1 is 1.71 bits per heavy atom. The number of ether oxygens (including phenoxy) is 1. The predicted octanol–water partition coefficient (Wildman–Crippen LogP) is 2.61. The smallest absolute Gasteiger partial charge is 0.397 e. The van der Waals surface area contributed by atoms with Crippen LogP contribution in [0.15, 0.2) is 30.2 Å². The van der Waals surface area contributed by atoms with E-state index >= 15 is 0 Å². The fraction of sp³-hybridized carbons (Fsp3) is 0.222. The summed E-state index contributed by atoms with van der Waals surface area (Å²) >= 11 is 1.31. The summed E-state index contributed by atoms with van der Waals surface area (Å²) in [5.41, 5.74) is 0. The number of halogens is 2. The van der Waals surface area contributed by atoms with Gasteiger partial charge in [-0.3, -0.25) is 4.79 Å². The SMILES string of the molecule is C=CC(F)(F)OC(=O)Cc1cccs1. The van der Waals surface area contributed by atoms with Gasteiger partial charge in [0.25, 0.3) is 0 Å². The minimum absolute atomic E-state index is 0.138. The maximum absolute atomic E-state index is 12.5. The molecule has 0 radical (unpaired) electrons. The minimum Gasteiger partial charge on any atom is -0.397 e. The lowest BCUT2D eigenvalue weighted by molar-refractivity contribution is -0.206. The first kappa shape index (κ1) is 10.8. The van der Waals surface area contributed by atoms with Gasteiger partial charge in [-0.05, 0) is 11.4 Å². The summed E-state index contributed by atoms with van der Waals surface area (Å²) in [5.74, 6) is -0.961. The zero-order valence-corrected chi connectivity index (χ0v) is 8.02. The van der Waals surface area contributed by atoms with E-state index in [-0.39, 0.29) is 6.42 Å².